The van der Waals surface area contributed by atoms with Crippen LogP contribution in [0.4, 0.5) is 5.82 Å². The number of carbonyl (C=O) groups is 1. The van der Waals surface area contributed by atoms with Crippen LogP contribution in [0.1, 0.15) is 21.7 Å². The molecule has 0 fully saturated rings. The summed E-state index contributed by atoms with van der Waals surface area (Å²) in [7, 11) is 0. The van der Waals surface area contributed by atoms with Crippen LogP contribution in [0.25, 0.3) is 18.4 Å². The third-order valence-corrected chi connectivity index (χ3v) is 2.76. The lowest BCUT2D eigenvalue weighted by Crippen LogP contribution is -1.97. The van der Waals surface area contributed by atoms with Gasteiger partial charge in [0.1, 0.15) is 6.20 Å². The van der Waals surface area contributed by atoms with Crippen LogP contribution in [0.3, 0.4) is 0 Å². The van der Waals surface area contributed by atoms with Gasteiger partial charge in [-0.3, -0.25) is 0 Å². The van der Waals surface area contributed by atoms with Crippen molar-refractivity contribution in [2.75, 3.05) is 0 Å². The number of carboxylic acid groups (broad SMARTS) is 1. The maximum Gasteiger partial charge on any atom is 0.347 e. The Kier molecular flexibility index (Phi) is 3.94. The Labute approximate surface area is 119 Å². The molecule has 0 saturated heterocycles. The quantitative estimate of drug-likeness (QED) is 0.672. The Morgan fingerprint density at radius 2 is 2.00 bits per heavy atom. The first-order chi connectivity index (χ1) is 10.0. The molecule has 0 aliphatic rings. The minimum Gasteiger partial charge on any atom is -0.478 e. The number of nitrogens with zero attached hydrogens (tertiary/aromatic N) is 3. The molecular formula is C14H11N3O4. The van der Waals surface area contributed by atoms with E-state index in [1.165, 1.54) is 22.9 Å². The fraction of sp³-hybridized carbons (Fsp3) is 0. The van der Waals surface area contributed by atoms with Crippen molar-refractivity contribution in [2.24, 2.45) is 0 Å². The number of benzene rings is 1. The highest BCUT2D eigenvalue weighted by atomic mass is 16.6. The summed E-state index contributed by atoms with van der Waals surface area (Å²) < 4.78 is 1.25. The van der Waals surface area contributed by atoms with Gasteiger partial charge in [-0.25, -0.2) is 9.78 Å². The Morgan fingerprint density at radius 3 is 2.52 bits per heavy atom. The van der Waals surface area contributed by atoms with Crippen molar-refractivity contribution >= 4 is 30.1 Å². The number of hydrogen-bond donors (Lipinski definition) is 1. The summed E-state index contributed by atoms with van der Waals surface area (Å²) in [6, 6.07) is 6.22. The van der Waals surface area contributed by atoms with Gasteiger partial charge in [0.05, 0.1) is 11.8 Å². The molecule has 0 spiro atoms. The molecule has 1 heterocycles. The third kappa shape index (κ3) is 3.03. The third-order valence-electron chi connectivity index (χ3n) is 2.76. The average molecular weight is 285 g/mol. The van der Waals surface area contributed by atoms with Gasteiger partial charge in [-0.2, -0.15) is 4.57 Å². The molecule has 1 aromatic heterocycles. The Bertz CT molecular complexity index is 729. The van der Waals surface area contributed by atoms with Gasteiger partial charge in [0, 0.05) is 6.08 Å². The molecule has 0 atom stereocenters. The second-order valence-electron chi connectivity index (χ2n) is 4.04. The van der Waals surface area contributed by atoms with E-state index >= 15 is 0 Å². The lowest BCUT2D eigenvalue weighted by atomic mass is 10.1. The highest BCUT2D eigenvalue weighted by molar-refractivity contribution is 5.88. The van der Waals surface area contributed by atoms with Gasteiger partial charge in [-0.1, -0.05) is 18.7 Å². The fourth-order valence-corrected chi connectivity index (χ4v) is 1.72. The van der Waals surface area contributed by atoms with E-state index in [2.05, 4.69) is 11.6 Å². The maximum absolute atomic E-state index is 10.8. The second kappa shape index (κ2) is 5.83. The first kappa shape index (κ1) is 14.2. The SMILES string of the molecule is C=Cn1c([N+](=O)[O-])cnc1/C=C/c1ccc(C(=O)O)cc1. The summed E-state index contributed by atoms with van der Waals surface area (Å²) in [5.41, 5.74) is 0.941. The number of imidazole rings is 1. The summed E-state index contributed by atoms with van der Waals surface area (Å²) in [6.45, 7) is 3.51. The predicted molar refractivity (Wildman–Crippen MR) is 77.6 cm³/mol. The van der Waals surface area contributed by atoms with Crippen molar-refractivity contribution in [3.63, 3.8) is 0 Å². The highest BCUT2D eigenvalue weighted by Gasteiger charge is 2.15. The van der Waals surface area contributed by atoms with Crippen LogP contribution in [0.15, 0.2) is 37.0 Å². The zero-order valence-corrected chi connectivity index (χ0v) is 10.8. The molecule has 0 amide bonds. The largest absolute Gasteiger partial charge is 0.478 e. The molecular weight excluding hydrogens is 274 g/mol. The molecule has 1 aromatic carbocycles. The molecule has 1 N–H and O–H groups in total. The molecule has 2 aromatic rings. The van der Waals surface area contributed by atoms with Gasteiger partial charge in [-0.15, -0.1) is 0 Å². The van der Waals surface area contributed by atoms with E-state index in [4.69, 9.17) is 5.11 Å². The number of aromatic carboxylic acids is 1. The van der Waals surface area contributed by atoms with Crippen molar-refractivity contribution < 1.29 is 14.8 Å². The lowest BCUT2D eigenvalue weighted by Gasteiger charge is -1.96. The van der Waals surface area contributed by atoms with Crippen LogP contribution in [-0.2, 0) is 0 Å². The fourth-order valence-electron chi connectivity index (χ4n) is 1.72. The van der Waals surface area contributed by atoms with E-state index < -0.39 is 10.9 Å². The van der Waals surface area contributed by atoms with Crippen LogP contribution in [0, 0.1) is 10.1 Å². The summed E-state index contributed by atoms with van der Waals surface area (Å²) in [5.74, 6) is -0.812. The predicted octanol–water partition coefficient (Wildman–Crippen LogP) is 2.76. The van der Waals surface area contributed by atoms with Crippen molar-refractivity contribution in [3.05, 3.63) is 64.1 Å². The standard InChI is InChI=1S/C14H11N3O4/c1-2-16-12(15-9-13(16)17(20)21)8-5-10-3-6-11(7-4-10)14(18)19/h2-9H,1H2,(H,18,19)/b8-5+. The molecule has 0 bridgehead atoms. The molecule has 2 rings (SSSR count). The van der Waals surface area contributed by atoms with E-state index in [1.54, 1.807) is 24.3 Å². The Hall–Kier alpha value is -3.22. The highest BCUT2D eigenvalue weighted by Crippen LogP contribution is 2.16. The zero-order valence-electron chi connectivity index (χ0n) is 10.8. The van der Waals surface area contributed by atoms with Gasteiger partial charge >= 0.3 is 11.8 Å². The number of carboxylic acids is 1. The van der Waals surface area contributed by atoms with Crippen LogP contribution < -0.4 is 0 Å². The first-order valence-electron chi connectivity index (χ1n) is 5.88. The van der Waals surface area contributed by atoms with E-state index in [1.807, 2.05) is 0 Å². The normalized spacial score (nSPS) is 10.7. The number of hydrogen-bond acceptors (Lipinski definition) is 4. The number of aromatic nitrogens is 2. The summed E-state index contributed by atoms with van der Waals surface area (Å²) >= 11 is 0. The minimum atomic E-state index is -0.997. The molecule has 7 nitrogen and oxygen atoms in total. The summed E-state index contributed by atoms with van der Waals surface area (Å²) in [5, 5.41) is 19.6. The zero-order chi connectivity index (χ0) is 15.4. The van der Waals surface area contributed by atoms with E-state index in [0.29, 0.717) is 5.82 Å². The van der Waals surface area contributed by atoms with Crippen molar-refractivity contribution in [1.29, 1.82) is 0 Å². The summed E-state index contributed by atoms with van der Waals surface area (Å²) in [6.07, 6.45) is 5.72. The maximum atomic E-state index is 10.8. The van der Waals surface area contributed by atoms with Gasteiger partial charge < -0.3 is 15.2 Å². The van der Waals surface area contributed by atoms with Crippen LogP contribution in [0.5, 0.6) is 0 Å². The first-order valence-corrected chi connectivity index (χ1v) is 5.88. The average Bonchev–Trinajstić information content (AvgIpc) is 2.88. The van der Waals surface area contributed by atoms with Gasteiger partial charge in [0.25, 0.3) is 0 Å². The molecule has 21 heavy (non-hydrogen) atoms. The van der Waals surface area contributed by atoms with Crippen molar-refractivity contribution in [2.45, 2.75) is 0 Å². The molecule has 0 aliphatic heterocycles. The smallest absolute Gasteiger partial charge is 0.347 e. The van der Waals surface area contributed by atoms with Crippen LogP contribution in [-0.4, -0.2) is 25.6 Å². The van der Waals surface area contributed by atoms with Crippen molar-refractivity contribution in [3.8, 4) is 0 Å². The molecule has 7 heteroatoms. The van der Waals surface area contributed by atoms with Gasteiger partial charge in [0.2, 0.25) is 5.82 Å². The second-order valence-corrected chi connectivity index (χ2v) is 4.04. The van der Waals surface area contributed by atoms with Gasteiger partial charge in [-0.05, 0) is 28.7 Å². The number of nitro groups is 1. The van der Waals surface area contributed by atoms with E-state index in [9.17, 15) is 14.9 Å². The molecule has 0 aliphatic carbocycles. The van der Waals surface area contributed by atoms with Crippen molar-refractivity contribution in [1.82, 2.24) is 9.55 Å². The Balaban J connectivity index is 2.27. The van der Waals surface area contributed by atoms with Gasteiger partial charge in [0.15, 0.2) is 0 Å². The molecule has 0 saturated carbocycles. The Morgan fingerprint density at radius 1 is 1.33 bits per heavy atom. The van der Waals surface area contributed by atoms with Crippen LogP contribution >= 0.6 is 0 Å². The lowest BCUT2D eigenvalue weighted by molar-refractivity contribution is -0.390. The summed E-state index contributed by atoms with van der Waals surface area (Å²) in [4.78, 5) is 24.9. The molecule has 106 valence electrons. The molecule has 0 unspecified atom stereocenters. The van der Waals surface area contributed by atoms with Crippen LogP contribution in [0.2, 0.25) is 0 Å². The topological polar surface area (TPSA) is 98.3 Å². The number of rotatable bonds is 5. The minimum absolute atomic E-state index is 0.175. The molecule has 0 radical (unpaired) electrons. The monoisotopic (exact) mass is 285 g/mol. The van der Waals surface area contributed by atoms with E-state index in [-0.39, 0.29) is 11.4 Å². The van der Waals surface area contributed by atoms with E-state index in [0.717, 1.165) is 11.8 Å².